The van der Waals surface area contributed by atoms with E-state index < -0.39 is 10.0 Å². The van der Waals surface area contributed by atoms with E-state index in [9.17, 15) is 8.42 Å². The summed E-state index contributed by atoms with van der Waals surface area (Å²) >= 11 is 0. The molecular weight excluding hydrogens is 442 g/mol. The molecule has 2 aromatic heterocycles. The number of aryl methyl sites for hydroxylation is 1. The summed E-state index contributed by atoms with van der Waals surface area (Å²) in [6.07, 6.45) is 0.536. The minimum atomic E-state index is -3.69. The summed E-state index contributed by atoms with van der Waals surface area (Å²) in [4.78, 5) is 0.226. The summed E-state index contributed by atoms with van der Waals surface area (Å²) in [6, 6.07) is 16.0. The van der Waals surface area contributed by atoms with Gasteiger partial charge >= 0.3 is 0 Å². The van der Waals surface area contributed by atoms with Crippen LogP contribution in [0.15, 0.2) is 63.9 Å². The highest BCUT2D eigenvalue weighted by Gasteiger charge is 2.33. The number of ether oxygens (including phenoxy) is 1. The smallest absolute Gasteiger partial charge is 0.268 e. The van der Waals surface area contributed by atoms with Crippen LogP contribution in [-0.2, 0) is 30.0 Å². The summed E-state index contributed by atoms with van der Waals surface area (Å²) in [7, 11) is -1.85. The summed E-state index contributed by atoms with van der Waals surface area (Å²) in [5.41, 5.74) is 3.05. The molecule has 0 spiro atoms. The SMILES string of the molecule is CCOc1ccc(S(=O)(=O)N2CCc3c(c(-c4nnc(-c5ccccc5)o4)nn3C)C2)cc1. The van der Waals surface area contributed by atoms with Gasteiger partial charge in [-0.1, -0.05) is 18.2 Å². The maximum Gasteiger partial charge on any atom is 0.268 e. The van der Waals surface area contributed by atoms with Gasteiger partial charge in [-0.05, 0) is 43.3 Å². The van der Waals surface area contributed by atoms with Gasteiger partial charge in [0, 0.05) is 43.4 Å². The third-order valence-electron chi connectivity index (χ3n) is 5.63. The quantitative estimate of drug-likeness (QED) is 0.430. The molecule has 0 radical (unpaired) electrons. The normalized spacial score (nSPS) is 14.2. The monoisotopic (exact) mass is 465 g/mol. The number of aromatic nitrogens is 4. The molecule has 2 aromatic carbocycles. The average molecular weight is 466 g/mol. The summed E-state index contributed by atoms with van der Waals surface area (Å²) in [6.45, 7) is 2.94. The van der Waals surface area contributed by atoms with Crippen molar-refractivity contribution in [1.29, 1.82) is 0 Å². The van der Waals surface area contributed by atoms with Gasteiger partial charge in [0.25, 0.3) is 5.89 Å². The van der Waals surface area contributed by atoms with Crippen LogP contribution >= 0.6 is 0 Å². The molecule has 4 aromatic rings. The molecule has 0 bridgehead atoms. The van der Waals surface area contributed by atoms with Crippen molar-refractivity contribution < 1.29 is 17.6 Å². The molecule has 0 amide bonds. The molecule has 10 heteroatoms. The van der Waals surface area contributed by atoms with Crippen LogP contribution < -0.4 is 4.74 Å². The molecule has 3 heterocycles. The predicted octanol–water partition coefficient (Wildman–Crippen LogP) is 3.28. The highest BCUT2D eigenvalue weighted by atomic mass is 32.2. The fourth-order valence-corrected chi connectivity index (χ4v) is 5.39. The van der Waals surface area contributed by atoms with Gasteiger partial charge in [-0.3, -0.25) is 4.68 Å². The Morgan fingerprint density at radius 1 is 1.03 bits per heavy atom. The number of nitrogens with zero attached hydrogens (tertiary/aromatic N) is 5. The van der Waals surface area contributed by atoms with Gasteiger partial charge in [-0.2, -0.15) is 9.40 Å². The fourth-order valence-electron chi connectivity index (χ4n) is 3.98. The van der Waals surface area contributed by atoms with Crippen LogP contribution in [0.5, 0.6) is 5.75 Å². The van der Waals surface area contributed by atoms with E-state index in [0.29, 0.717) is 36.9 Å². The van der Waals surface area contributed by atoms with Crippen molar-refractivity contribution in [2.45, 2.75) is 24.8 Å². The van der Waals surface area contributed by atoms with Crippen LogP contribution in [0, 0.1) is 0 Å². The second kappa shape index (κ2) is 8.45. The van der Waals surface area contributed by atoms with E-state index in [1.54, 1.807) is 28.9 Å². The molecule has 0 N–H and O–H groups in total. The predicted molar refractivity (Wildman–Crippen MR) is 121 cm³/mol. The molecule has 1 aliphatic rings. The lowest BCUT2D eigenvalue weighted by molar-refractivity contribution is 0.340. The number of hydrogen-bond donors (Lipinski definition) is 0. The largest absolute Gasteiger partial charge is 0.494 e. The zero-order chi connectivity index (χ0) is 23.0. The Bertz CT molecular complexity index is 1380. The summed E-state index contributed by atoms with van der Waals surface area (Å²) < 4.78 is 41.2. The first kappa shape index (κ1) is 21.4. The number of hydrogen-bond acceptors (Lipinski definition) is 7. The number of rotatable bonds is 6. The van der Waals surface area contributed by atoms with Crippen LogP contribution in [-0.4, -0.2) is 45.9 Å². The Labute approximate surface area is 191 Å². The first-order chi connectivity index (χ1) is 16.0. The highest BCUT2D eigenvalue weighted by molar-refractivity contribution is 7.89. The Morgan fingerprint density at radius 3 is 2.48 bits per heavy atom. The van der Waals surface area contributed by atoms with Gasteiger partial charge in [0.1, 0.15) is 5.75 Å². The highest BCUT2D eigenvalue weighted by Crippen LogP contribution is 2.33. The molecule has 0 atom stereocenters. The molecule has 0 aliphatic carbocycles. The maximum absolute atomic E-state index is 13.3. The van der Waals surface area contributed by atoms with Gasteiger partial charge in [0.2, 0.25) is 15.9 Å². The molecule has 170 valence electrons. The minimum Gasteiger partial charge on any atom is -0.494 e. The summed E-state index contributed by atoms with van der Waals surface area (Å²) in [5.74, 6) is 1.29. The van der Waals surface area contributed by atoms with Crippen molar-refractivity contribution in [3.8, 4) is 28.8 Å². The maximum atomic E-state index is 13.3. The van der Waals surface area contributed by atoms with Gasteiger partial charge in [0.15, 0.2) is 5.69 Å². The second-order valence-electron chi connectivity index (χ2n) is 7.67. The van der Waals surface area contributed by atoms with E-state index in [-0.39, 0.29) is 17.3 Å². The van der Waals surface area contributed by atoms with E-state index in [2.05, 4.69) is 15.3 Å². The van der Waals surface area contributed by atoms with Gasteiger partial charge < -0.3 is 9.15 Å². The molecule has 0 saturated carbocycles. The lowest BCUT2D eigenvalue weighted by Gasteiger charge is -2.26. The minimum absolute atomic E-state index is 0.178. The molecule has 0 fully saturated rings. The third kappa shape index (κ3) is 3.91. The standard InChI is InChI=1S/C23H23N5O4S/c1-3-31-17-9-11-18(12-10-17)33(29,30)28-14-13-20-19(15-28)21(26-27(20)2)23-25-24-22(32-23)16-7-5-4-6-8-16/h4-12H,3,13-15H2,1-2H3. The molecule has 5 rings (SSSR count). The fraction of sp³-hybridized carbons (Fsp3) is 0.261. The third-order valence-corrected chi connectivity index (χ3v) is 7.49. The van der Waals surface area contributed by atoms with Crippen LogP contribution in [0.4, 0.5) is 0 Å². The van der Waals surface area contributed by atoms with Crippen molar-refractivity contribution in [1.82, 2.24) is 24.3 Å². The number of sulfonamides is 1. The molecule has 1 aliphatic heterocycles. The number of fused-ring (bicyclic) bond motifs is 1. The average Bonchev–Trinajstić information content (AvgIpc) is 3.45. The van der Waals surface area contributed by atoms with Crippen molar-refractivity contribution in [2.24, 2.45) is 7.05 Å². The van der Waals surface area contributed by atoms with Gasteiger partial charge in [0.05, 0.1) is 11.5 Å². The van der Waals surface area contributed by atoms with Crippen LogP contribution in [0.3, 0.4) is 0 Å². The van der Waals surface area contributed by atoms with E-state index in [0.717, 1.165) is 16.8 Å². The summed E-state index contributed by atoms with van der Waals surface area (Å²) in [5, 5.41) is 12.9. The van der Waals surface area contributed by atoms with Crippen LogP contribution in [0.1, 0.15) is 18.2 Å². The Hall–Kier alpha value is -3.50. The Kier molecular flexibility index (Phi) is 5.47. The van der Waals surface area contributed by atoms with Crippen molar-refractivity contribution in [3.63, 3.8) is 0 Å². The molecular formula is C23H23N5O4S. The lowest BCUT2D eigenvalue weighted by Crippen LogP contribution is -2.36. The first-order valence-electron chi connectivity index (χ1n) is 10.6. The number of benzene rings is 2. The van der Waals surface area contributed by atoms with E-state index in [4.69, 9.17) is 9.15 Å². The molecule has 33 heavy (non-hydrogen) atoms. The zero-order valence-corrected chi connectivity index (χ0v) is 19.1. The topological polar surface area (TPSA) is 103 Å². The van der Waals surface area contributed by atoms with Gasteiger partial charge in [-0.25, -0.2) is 8.42 Å². The Balaban J connectivity index is 1.45. The van der Waals surface area contributed by atoms with Crippen molar-refractivity contribution in [2.75, 3.05) is 13.2 Å². The lowest BCUT2D eigenvalue weighted by atomic mass is 10.1. The first-order valence-corrected chi connectivity index (χ1v) is 12.1. The van der Waals surface area contributed by atoms with Crippen LogP contribution in [0.25, 0.3) is 23.0 Å². The van der Waals surface area contributed by atoms with E-state index in [1.165, 1.54) is 4.31 Å². The van der Waals surface area contributed by atoms with Crippen molar-refractivity contribution in [3.05, 3.63) is 65.9 Å². The van der Waals surface area contributed by atoms with Crippen LogP contribution in [0.2, 0.25) is 0 Å². The van der Waals surface area contributed by atoms with E-state index in [1.807, 2.05) is 44.3 Å². The van der Waals surface area contributed by atoms with Crippen molar-refractivity contribution >= 4 is 10.0 Å². The zero-order valence-electron chi connectivity index (χ0n) is 18.3. The van der Waals surface area contributed by atoms with Gasteiger partial charge in [-0.15, -0.1) is 10.2 Å². The molecule has 0 unspecified atom stereocenters. The second-order valence-corrected chi connectivity index (χ2v) is 9.61. The molecule has 0 saturated heterocycles. The Morgan fingerprint density at radius 2 is 1.76 bits per heavy atom. The molecule has 9 nitrogen and oxygen atoms in total. The van der Waals surface area contributed by atoms with E-state index >= 15 is 0 Å².